The molecule has 0 radical (unpaired) electrons. The minimum absolute atomic E-state index is 0.0632. The van der Waals surface area contributed by atoms with Crippen molar-refractivity contribution in [1.82, 2.24) is 14.5 Å². The van der Waals surface area contributed by atoms with Gasteiger partial charge in [-0.1, -0.05) is 29.7 Å². The van der Waals surface area contributed by atoms with Crippen molar-refractivity contribution in [2.24, 2.45) is 0 Å². The Kier molecular flexibility index (Phi) is 7.09. The molecule has 0 bridgehead atoms. The van der Waals surface area contributed by atoms with Gasteiger partial charge in [-0.25, -0.2) is 4.98 Å². The average Bonchev–Trinajstić information content (AvgIpc) is 2.86. The Bertz CT molecular complexity index is 1380. The molecule has 0 saturated heterocycles. The van der Waals surface area contributed by atoms with Gasteiger partial charge in [0.2, 0.25) is 5.95 Å². The van der Waals surface area contributed by atoms with E-state index in [0.717, 1.165) is 12.1 Å². The SMILES string of the molecule is C#CCn1c(NC(C)c2ccc(C(F)(F)F)cc2)nc2c(c1=O)CN(C(=O)c1ccc(Cl)cc1)CC2. The van der Waals surface area contributed by atoms with Crippen molar-refractivity contribution in [3.05, 3.63) is 91.9 Å². The smallest absolute Gasteiger partial charge is 0.349 e. The predicted molar refractivity (Wildman–Crippen MR) is 131 cm³/mol. The number of nitrogens with one attached hydrogen (secondary N) is 1. The minimum Gasteiger partial charge on any atom is -0.349 e. The van der Waals surface area contributed by atoms with Crippen LogP contribution in [0.15, 0.2) is 53.3 Å². The highest BCUT2D eigenvalue weighted by atomic mass is 35.5. The number of halogens is 4. The molecule has 0 saturated carbocycles. The lowest BCUT2D eigenvalue weighted by Crippen LogP contribution is -2.41. The lowest BCUT2D eigenvalue weighted by Gasteiger charge is -2.29. The molecule has 0 spiro atoms. The maximum Gasteiger partial charge on any atom is 0.416 e. The van der Waals surface area contributed by atoms with Crippen LogP contribution in [0.25, 0.3) is 0 Å². The number of carbonyl (C=O) groups is 1. The number of rotatable bonds is 5. The predicted octanol–water partition coefficient (Wildman–Crippen LogP) is 4.92. The monoisotopic (exact) mass is 514 g/mol. The summed E-state index contributed by atoms with van der Waals surface area (Å²) in [4.78, 5) is 32.5. The molecule has 36 heavy (non-hydrogen) atoms. The number of anilines is 1. The van der Waals surface area contributed by atoms with Crippen LogP contribution in [0, 0.1) is 12.3 Å². The maximum absolute atomic E-state index is 13.4. The summed E-state index contributed by atoms with van der Waals surface area (Å²) in [6.07, 6.45) is 1.43. The van der Waals surface area contributed by atoms with Crippen LogP contribution in [-0.4, -0.2) is 26.9 Å². The van der Waals surface area contributed by atoms with Crippen molar-refractivity contribution in [3.63, 3.8) is 0 Å². The molecule has 1 atom stereocenters. The number of amides is 1. The molecular formula is C26H22ClF3N4O2. The van der Waals surface area contributed by atoms with Crippen molar-refractivity contribution >= 4 is 23.5 Å². The Morgan fingerprint density at radius 1 is 1.19 bits per heavy atom. The second-order valence-electron chi connectivity index (χ2n) is 8.43. The lowest BCUT2D eigenvalue weighted by molar-refractivity contribution is -0.137. The summed E-state index contributed by atoms with van der Waals surface area (Å²) in [6.45, 7) is 2.14. The normalized spacial score (nSPS) is 14.1. The first-order valence-electron chi connectivity index (χ1n) is 11.1. The van der Waals surface area contributed by atoms with E-state index in [4.69, 9.17) is 18.0 Å². The van der Waals surface area contributed by atoms with Crippen LogP contribution in [0.2, 0.25) is 5.02 Å². The number of nitrogens with zero attached hydrogens (tertiary/aromatic N) is 3. The van der Waals surface area contributed by atoms with Crippen molar-refractivity contribution in [2.45, 2.75) is 38.7 Å². The molecule has 186 valence electrons. The third-order valence-corrected chi connectivity index (χ3v) is 6.28. The van der Waals surface area contributed by atoms with E-state index in [0.29, 0.717) is 40.4 Å². The van der Waals surface area contributed by atoms with Gasteiger partial charge in [0.15, 0.2) is 0 Å². The zero-order valence-corrected chi connectivity index (χ0v) is 20.0. The molecule has 3 aromatic rings. The molecule has 1 unspecified atom stereocenters. The molecule has 10 heteroatoms. The van der Waals surface area contributed by atoms with Crippen molar-refractivity contribution in [1.29, 1.82) is 0 Å². The molecular weight excluding hydrogens is 493 g/mol. The molecule has 2 aromatic carbocycles. The number of benzene rings is 2. The Morgan fingerprint density at radius 2 is 1.86 bits per heavy atom. The van der Waals surface area contributed by atoms with Gasteiger partial charge in [-0.15, -0.1) is 6.42 Å². The lowest BCUT2D eigenvalue weighted by atomic mass is 10.0. The van der Waals surface area contributed by atoms with Gasteiger partial charge in [-0.2, -0.15) is 13.2 Å². The molecule has 0 fully saturated rings. The van der Waals surface area contributed by atoms with Crippen LogP contribution >= 0.6 is 11.6 Å². The third-order valence-electron chi connectivity index (χ3n) is 6.03. The van der Waals surface area contributed by atoms with Crippen LogP contribution < -0.4 is 10.9 Å². The summed E-state index contributed by atoms with van der Waals surface area (Å²) >= 11 is 5.91. The summed E-state index contributed by atoms with van der Waals surface area (Å²) < 4.78 is 40.0. The summed E-state index contributed by atoms with van der Waals surface area (Å²) in [6, 6.07) is 10.8. The third kappa shape index (κ3) is 5.24. The molecule has 6 nitrogen and oxygen atoms in total. The first kappa shape index (κ1) is 25.3. The van der Waals surface area contributed by atoms with E-state index in [-0.39, 0.29) is 30.5 Å². The number of aromatic nitrogens is 2. The van der Waals surface area contributed by atoms with Crippen LogP contribution in [0.4, 0.5) is 19.1 Å². The van der Waals surface area contributed by atoms with E-state index in [9.17, 15) is 22.8 Å². The number of hydrogen-bond acceptors (Lipinski definition) is 4. The summed E-state index contributed by atoms with van der Waals surface area (Å²) in [5.41, 5.74) is 0.869. The zero-order valence-electron chi connectivity index (χ0n) is 19.3. The Hall–Kier alpha value is -3.77. The highest BCUT2D eigenvalue weighted by molar-refractivity contribution is 6.30. The van der Waals surface area contributed by atoms with Gasteiger partial charge in [0.1, 0.15) is 0 Å². The summed E-state index contributed by atoms with van der Waals surface area (Å²) in [5.74, 6) is 2.44. The van der Waals surface area contributed by atoms with E-state index in [1.54, 1.807) is 36.1 Å². The van der Waals surface area contributed by atoms with E-state index >= 15 is 0 Å². The highest BCUT2D eigenvalue weighted by Gasteiger charge is 2.30. The van der Waals surface area contributed by atoms with Crippen LogP contribution in [0.5, 0.6) is 0 Å². The molecule has 2 heterocycles. The molecule has 1 amide bonds. The van der Waals surface area contributed by atoms with Crippen molar-refractivity contribution < 1.29 is 18.0 Å². The second-order valence-corrected chi connectivity index (χ2v) is 8.86. The summed E-state index contributed by atoms with van der Waals surface area (Å²) in [7, 11) is 0. The standard InChI is InChI=1S/C26H22ClF3N4O2/c1-3-13-34-24(36)21-15-33(23(35)18-6-10-20(27)11-7-18)14-12-22(21)32-25(34)31-16(2)17-4-8-19(9-5-17)26(28,29)30/h1,4-11,16H,12-15H2,2H3,(H,31,32). The fourth-order valence-corrected chi connectivity index (χ4v) is 4.17. The fraction of sp³-hybridized carbons (Fsp3) is 0.269. The number of carbonyl (C=O) groups excluding carboxylic acids is 1. The number of alkyl halides is 3. The number of hydrogen-bond donors (Lipinski definition) is 1. The van der Waals surface area contributed by atoms with Gasteiger partial charge in [-0.3, -0.25) is 14.2 Å². The van der Waals surface area contributed by atoms with Gasteiger partial charge in [0, 0.05) is 23.6 Å². The van der Waals surface area contributed by atoms with E-state index < -0.39 is 17.8 Å². The summed E-state index contributed by atoms with van der Waals surface area (Å²) in [5, 5.41) is 3.62. The minimum atomic E-state index is -4.43. The molecule has 1 N–H and O–H groups in total. The first-order valence-corrected chi connectivity index (χ1v) is 11.5. The number of terminal acetylenes is 1. The van der Waals surface area contributed by atoms with E-state index in [1.807, 2.05) is 0 Å². The van der Waals surface area contributed by atoms with Gasteiger partial charge in [-0.05, 0) is 48.9 Å². The quantitative estimate of drug-likeness (QED) is 0.491. The Labute approximate surface area is 210 Å². The molecule has 0 aliphatic carbocycles. The highest BCUT2D eigenvalue weighted by Crippen LogP contribution is 2.30. The molecule has 1 aliphatic heterocycles. The van der Waals surface area contributed by atoms with Crippen LogP contribution in [0.1, 0.15) is 45.7 Å². The first-order chi connectivity index (χ1) is 17.1. The van der Waals surface area contributed by atoms with Crippen molar-refractivity contribution in [3.8, 4) is 12.3 Å². The van der Waals surface area contributed by atoms with E-state index in [1.165, 1.54) is 16.7 Å². The Balaban J connectivity index is 1.60. The fourth-order valence-electron chi connectivity index (χ4n) is 4.05. The second kappa shape index (κ2) is 10.1. The molecule has 1 aliphatic rings. The molecule has 1 aromatic heterocycles. The van der Waals surface area contributed by atoms with E-state index in [2.05, 4.69) is 16.2 Å². The van der Waals surface area contributed by atoms with Crippen LogP contribution in [0.3, 0.4) is 0 Å². The largest absolute Gasteiger partial charge is 0.416 e. The van der Waals surface area contributed by atoms with Gasteiger partial charge < -0.3 is 10.2 Å². The topological polar surface area (TPSA) is 67.2 Å². The zero-order chi connectivity index (χ0) is 26.0. The number of fused-ring (bicyclic) bond motifs is 1. The van der Waals surface area contributed by atoms with Crippen molar-refractivity contribution in [2.75, 3.05) is 11.9 Å². The van der Waals surface area contributed by atoms with Crippen LogP contribution in [-0.2, 0) is 25.7 Å². The molecule has 4 rings (SSSR count). The van der Waals surface area contributed by atoms with Gasteiger partial charge in [0.05, 0.1) is 36.0 Å². The Morgan fingerprint density at radius 3 is 2.47 bits per heavy atom. The van der Waals surface area contributed by atoms with Gasteiger partial charge >= 0.3 is 6.18 Å². The average molecular weight is 515 g/mol. The maximum atomic E-state index is 13.4. The van der Waals surface area contributed by atoms with Gasteiger partial charge in [0.25, 0.3) is 11.5 Å².